The quantitative estimate of drug-likeness (QED) is 0.872. The van der Waals surface area contributed by atoms with E-state index in [2.05, 4.69) is 4.98 Å². The Balaban J connectivity index is 1.97. The monoisotopic (exact) mass is 347 g/mol. The van der Waals surface area contributed by atoms with Crippen molar-refractivity contribution in [1.29, 1.82) is 0 Å². The molecule has 126 valence electrons. The maximum atomic E-state index is 12.5. The first-order chi connectivity index (χ1) is 11.4. The average Bonchev–Trinajstić information content (AvgIpc) is 3.10. The number of sulfonamides is 1. The van der Waals surface area contributed by atoms with Crippen LogP contribution in [0.4, 0.5) is 5.82 Å². The summed E-state index contributed by atoms with van der Waals surface area (Å²) in [5, 5.41) is 9.26. The van der Waals surface area contributed by atoms with Crippen LogP contribution in [0.3, 0.4) is 0 Å². The maximum absolute atomic E-state index is 12.5. The molecule has 24 heavy (non-hydrogen) atoms. The third kappa shape index (κ3) is 2.98. The second-order valence-electron chi connectivity index (χ2n) is 5.57. The number of benzene rings is 1. The van der Waals surface area contributed by atoms with E-state index in [-0.39, 0.29) is 16.4 Å². The van der Waals surface area contributed by atoms with Crippen LogP contribution in [0.15, 0.2) is 41.3 Å². The van der Waals surface area contributed by atoms with Crippen LogP contribution in [0, 0.1) is 0 Å². The normalized spacial score (nSPS) is 15.5. The van der Waals surface area contributed by atoms with Crippen molar-refractivity contribution in [3.63, 3.8) is 0 Å². The molecule has 1 saturated heterocycles. The number of hydrogen-bond donors (Lipinski definition) is 2. The second kappa shape index (κ2) is 6.21. The van der Waals surface area contributed by atoms with Gasteiger partial charge < -0.3 is 10.8 Å². The highest BCUT2D eigenvalue weighted by Crippen LogP contribution is 2.27. The van der Waals surface area contributed by atoms with Gasteiger partial charge in [-0.1, -0.05) is 12.1 Å². The Labute approximate surface area is 139 Å². The SMILES string of the molecule is Nc1ccc(-c2ccc(S(=O)(=O)N3CCCC3)cc2)c(C(=O)O)n1. The van der Waals surface area contributed by atoms with Gasteiger partial charge in [0.15, 0.2) is 5.69 Å². The lowest BCUT2D eigenvalue weighted by Gasteiger charge is -2.15. The fourth-order valence-corrected chi connectivity index (χ4v) is 4.27. The number of aromatic nitrogens is 1. The Morgan fingerprint density at radius 1 is 1.08 bits per heavy atom. The molecule has 7 nitrogen and oxygen atoms in total. The molecular weight excluding hydrogens is 330 g/mol. The van der Waals surface area contributed by atoms with Crippen LogP contribution in [-0.4, -0.2) is 41.9 Å². The van der Waals surface area contributed by atoms with E-state index < -0.39 is 16.0 Å². The molecule has 3 N–H and O–H groups in total. The van der Waals surface area contributed by atoms with Crippen molar-refractivity contribution in [1.82, 2.24) is 9.29 Å². The van der Waals surface area contributed by atoms with Crippen molar-refractivity contribution in [2.24, 2.45) is 0 Å². The minimum absolute atomic E-state index is 0.115. The molecule has 0 aliphatic carbocycles. The molecular formula is C16H17N3O4S. The van der Waals surface area contributed by atoms with Gasteiger partial charge in [-0.15, -0.1) is 0 Å². The van der Waals surface area contributed by atoms with E-state index in [0.29, 0.717) is 24.2 Å². The van der Waals surface area contributed by atoms with Crippen molar-refractivity contribution >= 4 is 21.8 Å². The van der Waals surface area contributed by atoms with Crippen LogP contribution < -0.4 is 5.73 Å². The zero-order chi connectivity index (χ0) is 17.3. The number of rotatable bonds is 4. The van der Waals surface area contributed by atoms with Crippen molar-refractivity contribution in [3.8, 4) is 11.1 Å². The molecule has 8 heteroatoms. The smallest absolute Gasteiger partial charge is 0.355 e. The van der Waals surface area contributed by atoms with Crippen molar-refractivity contribution < 1.29 is 18.3 Å². The predicted molar refractivity (Wildman–Crippen MR) is 89.0 cm³/mol. The molecule has 1 aliphatic heterocycles. The third-order valence-corrected chi connectivity index (χ3v) is 5.90. The van der Waals surface area contributed by atoms with E-state index in [1.165, 1.54) is 22.5 Å². The first-order valence-corrected chi connectivity index (χ1v) is 8.94. The molecule has 1 aromatic carbocycles. The van der Waals surface area contributed by atoms with Crippen LogP contribution in [0.5, 0.6) is 0 Å². The summed E-state index contributed by atoms with van der Waals surface area (Å²) in [6, 6.07) is 9.23. The Morgan fingerprint density at radius 3 is 2.29 bits per heavy atom. The zero-order valence-electron chi connectivity index (χ0n) is 12.8. The fourth-order valence-electron chi connectivity index (χ4n) is 2.75. The lowest BCUT2D eigenvalue weighted by Crippen LogP contribution is -2.27. The molecule has 1 fully saturated rings. The van der Waals surface area contributed by atoms with Gasteiger partial charge in [0.25, 0.3) is 0 Å². The van der Waals surface area contributed by atoms with E-state index in [0.717, 1.165) is 12.8 Å². The standard InChI is InChI=1S/C16H17N3O4S/c17-14-8-7-13(15(18-14)16(20)21)11-3-5-12(6-4-11)24(22,23)19-9-1-2-10-19/h3-8H,1-2,9-10H2,(H2,17,18)(H,20,21). The third-order valence-electron chi connectivity index (χ3n) is 3.99. The van der Waals surface area contributed by atoms with Gasteiger partial charge in [0.1, 0.15) is 5.82 Å². The number of anilines is 1. The molecule has 2 aromatic rings. The Kier molecular flexibility index (Phi) is 4.25. The summed E-state index contributed by atoms with van der Waals surface area (Å²) >= 11 is 0. The van der Waals surface area contributed by atoms with Gasteiger partial charge in [0.2, 0.25) is 10.0 Å². The summed E-state index contributed by atoms with van der Waals surface area (Å²) in [5.41, 5.74) is 6.33. The molecule has 0 saturated carbocycles. The molecule has 0 bridgehead atoms. The number of nitrogens with zero attached hydrogens (tertiary/aromatic N) is 2. The van der Waals surface area contributed by atoms with Crippen molar-refractivity contribution in [2.75, 3.05) is 18.8 Å². The molecule has 1 aromatic heterocycles. The highest BCUT2D eigenvalue weighted by Gasteiger charge is 2.27. The van der Waals surface area contributed by atoms with E-state index in [9.17, 15) is 18.3 Å². The number of nitrogen functional groups attached to an aromatic ring is 1. The summed E-state index contributed by atoms with van der Waals surface area (Å²) in [5.74, 6) is -1.07. The van der Waals surface area contributed by atoms with Gasteiger partial charge >= 0.3 is 5.97 Å². The number of hydrogen-bond acceptors (Lipinski definition) is 5. The number of aromatic carboxylic acids is 1. The second-order valence-corrected chi connectivity index (χ2v) is 7.51. The number of carbonyl (C=O) groups is 1. The van der Waals surface area contributed by atoms with E-state index in [1.807, 2.05) is 0 Å². The number of carboxylic acids is 1. The van der Waals surface area contributed by atoms with Crippen molar-refractivity contribution in [3.05, 3.63) is 42.1 Å². The first kappa shape index (κ1) is 16.4. The highest BCUT2D eigenvalue weighted by molar-refractivity contribution is 7.89. The minimum Gasteiger partial charge on any atom is -0.476 e. The average molecular weight is 347 g/mol. The molecule has 0 spiro atoms. The zero-order valence-corrected chi connectivity index (χ0v) is 13.7. The largest absolute Gasteiger partial charge is 0.476 e. The molecule has 0 amide bonds. The van der Waals surface area contributed by atoms with Crippen LogP contribution in [0.25, 0.3) is 11.1 Å². The van der Waals surface area contributed by atoms with E-state index in [4.69, 9.17) is 5.73 Å². The van der Waals surface area contributed by atoms with Crippen LogP contribution in [-0.2, 0) is 10.0 Å². The molecule has 3 rings (SSSR count). The summed E-state index contributed by atoms with van der Waals surface area (Å²) in [4.78, 5) is 15.4. The predicted octanol–water partition coefficient (Wildman–Crippen LogP) is 1.81. The van der Waals surface area contributed by atoms with Crippen LogP contribution >= 0.6 is 0 Å². The van der Waals surface area contributed by atoms with Gasteiger partial charge in [-0.05, 0) is 42.7 Å². The van der Waals surface area contributed by atoms with Crippen molar-refractivity contribution in [2.45, 2.75) is 17.7 Å². The number of carboxylic acid groups (broad SMARTS) is 1. The van der Waals surface area contributed by atoms with Gasteiger partial charge in [-0.25, -0.2) is 18.2 Å². The molecule has 0 radical (unpaired) electrons. The summed E-state index contributed by atoms with van der Waals surface area (Å²) < 4.78 is 26.5. The molecule has 2 heterocycles. The molecule has 1 aliphatic rings. The Hall–Kier alpha value is -2.45. The number of nitrogens with two attached hydrogens (primary N) is 1. The fraction of sp³-hybridized carbons (Fsp3) is 0.250. The van der Waals surface area contributed by atoms with E-state index in [1.54, 1.807) is 18.2 Å². The lowest BCUT2D eigenvalue weighted by atomic mass is 10.0. The lowest BCUT2D eigenvalue weighted by molar-refractivity contribution is 0.0691. The minimum atomic E-state index is -3.49. The first-order valence-electron chi connectivity index (χ1n) is 7.50. The molecule has 0 unspecified atom stereocenters. The molecule has 0 atom stereocenters. The van der Waals surface area contributed by atoms with Gasteiger partial charge in [-0.2, -0.15) is 4.31 Å². The highest BCUT2D eigenvalue weighted by atomic mass is 32.2. The van der Waals surface area contributed by atoms with Gasteiger partial charge in [-0.3, -0.25) is 0 Å². The maximum Gasteiger partial charge on any atom is 0.355 e. The summed E-state index contributed by atoms with van der Waals surface area (Å²) in [7, 11) is -3.49. The summed E-state index contributed by atoms with van der Waals surface area (Å²) in [6.45, 7) is 1.07. The summed E-state index contributed by atoms with van der Waals surface area (Å²) in [6.07, 6.45) is 1.74. The Bertz CT molecular complexity index is 873. The van der Waals surface area contributed by atoms with Crippen LogP contribution in [0.2, 0.25) is 0 Å². The van der Waals surface area contributed by atoms with Gasteiger partial charge in [0, 0.05) is 18.7 Å². The van der Waals surface area contributed by atoms with E-state index >= 15 is 0 Å². The number of pyridine rings is 1. The Morgan fingerprint density at radius 2 is 1.71 bits per heavy atom. The van der Waals surface area contributed by atoms with Crippen LogP contribution in [0.1, 0.15) is 23.3 Å². The topological polar surface area (TPSA) is 114 Å². The van der Waals surface area contributed by atoms with Gasteiger partial charge in [0.05, 0.1) is 4.90 Å².